The summed E-state index contributed by atoms with van der Waals surface area (Å²) in [6.07, 6.45) is 7.54. The van der Waals surface area contributed by atoms with Crippen LogP contribution in [0.1, 0.15) is 31.7 Å². The molecule has 1 aliphatic heterocycles. The monoisotopic (exact) mass is 311 g/mol. The van der Waals surface area contributed by atoms with Gasteiger partial charge in [0.1, 0.15) is 0 Å². The molecule has 1 saturated heterocycles. The zero-order valence-electron chi connectivity index (χ0n) is 12.0. The van der Waals surface area contributed by atoms with Crippen molar-refractivity contribution in [2.24, 2.45) is 11.7 Å². The zero-order valence-corrected chi connectivity index (χ0v) is 12.8. The number of hydrogen-bond acceptors (Lipinski definition) is 3. The van der Waals surface area contributed by atoms with Gasteiger partial charge in [0.05, 0.1) is 17.3 Å². The number of carbonyl (C=O) groups excluding carboxylic acids is 1. The first kappa shape index (κ1) is 14.7. The van der Waals surface area contributed by atoms with Crippen LogP contribution in [0, 0.1) is 5.92 Å². The second kappa shape index (κ2) is 6.23. The van der Waals surface area contributed by atoms with E-state index in [-0.39, 0.29) is 18.1 Å². The Morgan fingerprint density at radius 3 is 3.00 bits per heavy atom. The average Bonchev–Trinajstić information content (AvgIpc) is 3.17. The summed E-state index contributed by atoms with van der Waals surface area (Å²) < 4.78 is 1.86. The molecule has 2 amide bonds. The molecule has 1 aliphatic carbocycles. The minimum atomic E-state index is 0.0402. The molecule has 0 spiro atoms. The highest BCUT2D eigenvalue weighted by Crippen LogP contribution is 2.26. The average molecular weight is 312 g/mol. The second-order valence-electron chi connectivity index (χ2n) is 6.09. The van der Waals surface area contributed by atoms with Crippen molar-refractivity contribution in [1.82, 2.24) is 20.0 Å². The Balaban J connectivity index is 1.50. The van der Waals surface area contributed by atoms with Gasteiger partial charge in [-0.3, -0.25) is 4.68 Å². The van der Waals surface area contributed by atoms with Crippen molar-refractivity contribution in [2.45, 2.75) is 37.8 Å². The van der Waals surface area contributed by atoms with Gasteiger partial charge in [-0.1, -0.05) is 11.6 Å². The molecule has 3 atom stereocenters. The molecule has 3 N–H and O–H groups in total. The normalized spacial score (nSPS) is 29.0. The van der Waals surface area contributed by atoms with Crippen LogP contribution >= 0.6 is 11.6 Å². The van der Waals surface area contributed by atoms with E-state index in [1.54, 1.807) is 6.20 Å². The minimum Gasteiger partial charge on any atom is -0.335 e. The maximum atomic E-state index is 12.3. The Kier molecular flexibility index (Phi) is 4.35. The molecule has 0 aromatic carbocycles. The predicted octanol–water partition coefficient (Wildman–Crippen LogP) is 1.62. The number of likely N-dealkylation sites (tertiary alicyclic amines) is 1. The van der Waals surface area contributed by atoms with E-state index in [1.807, 2.05) is 15.8 Å². The van der Waals surface area contributed by atoms with Crippen molar-refractivity contribution in [3.63, 3.8) is 0 Å². The summed E-state index contributed by atoms with van der Waals surface area (Å²) in [6, 6.07) is 0.547. The first-order chi connectivity index (χ1) is 10.2. The van der Waals surface area contributed by atoms with E-state index in [0.29, 0.717) is 17.5 Å². The van der Waals surface area contributed by atoms with Crippen LogP contribution in [-0.4, -0.2) is 46.4 Å². The topological polar surface area (TPSA) is 76.2 Å². The summed E-state index contributed by atoms with van der Waals surface area (Å²) in [5.41, 5.74) is 5.69. The van der Waals surface area contributed by atoms with Gasteiger partial charge in [-0.2, -0.15) is 5.10 Å². The molecule has 7 heteroatoms. The molecule has 3 unspecified atom stereocenters. The predicted molar refractivity (Wildman–Crippen MR) is 81.2 cm³/mol. The van der Waals surface area contributed by atoms with Gasteiger partial charge in [0.2, 0.25) is 0 Å². The van der Waals surface area contributed by atoms with Gasteiger partial charge in [-0.05, 0) is 38.1 Å². The fourth-order valence-electron chi connectivity index (χ4n) is 3.34. The lowest BCUT2D eigenvalue weighted by molar-refractivity contribution is 0.202. The van der Waals surface area contributed by atoms with E-state index in [1.165, 1.54) is 0 Å². The van der Waals surface area contributed by atoms with E-state index >= 15 is 0 Å². The smallest absolute Gasteiger partial charge is 0.317 e. The number of urea groups is 1. The highest BCUT2D eigenvalue weighted by atomic mass is 35.5. The standard InChI is InChI=1S/C14H22ClN5O/c15-11-7-17-20(8-11)13-3-4-19(9-13)14(21)18-12-2-1-10(5-12)6-16/h7-8,10,12-13H,1-6,9,16H2,(H,18,21). The van der Waals surface area contributed by atoms with E-state index in [9.17, 15) is 4.79 Å². The van der Waals surface area contributed by atoms with E-state index in [4.69, 9.17) is 17.3 Å². The summed E-state index contributed by atoms with van der Waals surface area (Å²) in [6.45, 7) is 2.18. The number of carbonyl (C=O) groups is 1. The fourth-order valence-corrected chi connectivity index (χ4v) is 3.49. The van der Waals surface area contributed by atoms with Crippen LogP contribution in [0.15, 0.2) is 12.4 Å². The number of amides is 2. The van der Waals surface area contributed by atoms with Crippen LogP contribution in [0.25, 0.3) is 0 Å². The fraction of sp³-hybridized carbons (Fsp3) is 0.714. The molecule has 2 fully saturated rings. The van der Waals surface area contributed by atoms with Crippen LogP contribution in [0.4, 0.5) is 4.79 Å². The number of nitrogens with one attached hydrogen (secondary N) is 1. The molecular weight excluding hydrogens is 290 g/mol. The van der Waals surface area contributed by atoms with Crippen molar-refractivity contribution in [2.75, 3.05) is 19.6 Å². The van der Waals surface area contributed by atoms with Crippen molar-refractivity contribution in [3.05, 3.63) is 17.4 Å². The molecule has 6 nitrogen and oxygen atoms in total. The van der Waals surface area contributed by atoms with Gasteiger partial charge in [0, 0.05) is 25.3 Å². The zero-order chi connectivity index (χ0) is 14.8. The Morgan fingerprint density at radius 2 is 2.33 bits per heavy atom. The van der Waals surface area contributed by atoms with Crippen molar-refractivity contribution in [1.29, 1.82) is 0 Å². The molecule has 0 radical (unpaired) electrons. The number of rotatable bonds is 3. The van der Waals surface area contributed by atoms with Gasteiger partial charge in [0.25, 0.3) is 0 Å². The first-order valence-electron chi connectivity index (χ1n) is 7.61. The van der Waals surface area contributed by atoms with Crippen LogP contribution in [0.3, 0.4) is 0 Å². The molecule has 2 heterocycles. The lowest BCUT2D eigenvalue weighted by Crippen LogP contribution is -2.43. The Morgan fingerprint density at radius 1 is 1.48 bits per heavy atom. The van der Waals surface area contributed by atoms with E-state index in [0.717, 1.165) is 38.8 Å². The maximum absolute atomic E-state index is 12.3. The lowest BCUT2D eigenvalue weighted by atomic mass is 10.1. The highest BCUT2D eigenvalue weighted by molar-refractivity contribution is 6.30. The summed E-state index contributed by atoms with van der Waals surface area (Å²) in [5, 5.41) is 8.00. The van der Waals surface area contributed by atoms with Crippen molar-refractivity contribution >= 4 is 17.6 Å². The SMILES string of the molecule is NCC1CCC(NC(=O)N2CCC(n3cc(Cl)cn3)C2)C1. The first-order valence-corrected chi connectivity index (χ1v) is 7.98. The van der Waals surface area contributed by atoms with Crippen LogP contribution in [0.5, 0.6) is 0 Å². The molecule has 1 saturated carbocycles. The third-order valence-corrected chi connectivity index (χ3v) is 4.79. The third kappa shape index (κ3) is 3.32. The van der Waals surface area contributed by atoms with E-state index in [2.05, 4.69) is 10.4 Å². The number of aromatic nitrogens is 2. The van der Waals surface area contributed by atoms with Crippen LogP contribution < -0.4 is 11.1 Å². The van der Waals surface area contributed by atoms with Gasteiger partial charge in [-0.25, -0.2) is 4.79 Å². The number of nitrogens with zero attached hydrogens (tertiary/aromatic N) is 3. The van der Waals surface area contributed by atoms with Crippen molar-refractivity contribution in [3.8, 4) is 0 Å². The summed E-state index contributed by atoms with van der Waals surface area (Å²) in [7, 11) is 0. The van der Waals surface area contributed by atoms with Gasteiger partial charge >= 0.3 is 6.03 Å². The molecule has 2 aliphatic rings. The maximum Gasteiger partial charge on any atom is 0.317 e. The quantitative estimate of drug-likeness (QED) is 0.890. The number of hydrogen-bond donors (Lipinski definition) is 2. The molecule has 0 bridgehead atoms. The molecule has 1 aromatic heterocycles. The largest absolute Gasteiger partial charge is 0.335 e. The van der Waals surface area contributed by atoms with Crippen LogP contribution in [0.2, 0.25) is 5.02 Å². The Hall–Kier alpha value is -1.27. The molecule has 21 heavy (non-hydrogen) atoms. The van der Waals surface area contributed by atoms with Gasteiger partial charge in [-0.15, -0.1) is 0 Å². The minimum absolute atomic E-state index is 0.0402. The number of nitrogens with two attached hydrogens (primary N) is 1. The molecule has 1 aromatic rings. The number of halogens is 1. The Labute approximate surface area is 129 Å². The molecular formula is C14H22ClN5O. The Bertz CT molecular complexity index is 505. The second-order valence-corrected chi connectivity index (χ2v) is 6.52. The summed E-state index contributed by atoms with van der Waals surface area (Å²) in [4.78, 5) is 14.2. The summed E-state index contributed by atoms with van der Waals surface area (Å²) in [5.74, 6) is 0.563. The highest BCUT2D eigenvalue weighted by Gasteiger charge is 2.31. The van der Waals surface area contributed by atoms with Gasteiger partial charge < -0.3 is 16.0 Å². The van der Waals surface area contributed by atoms with E-state index < -0.39 is 0 Å². The molecule has 116 valence electrons. The third-order valence-electron chi connectivity index (χ3n) is 4.60. The van der Waals surface area contributed by atoms with Gasteiger partial charge in [0.15, 0.2) is 0 Å². The summed E-state index contributed by atoms with van der Waals surface area (Å²) >= 11 is 5.89. The van der Waals surface area contributed by atoms with Crippen molar-refractivity contribution < 1.29 is 4.79 Å². The lowest BCUT2D eigenvalue weighted by Gasteiger charge is -2.21. The molecule has 3 rings (SSSR count). The van der Waals surface area contributed by atoms with Crippen LogP contribution in [-0.2, 0) is 0 Å².